The minimum Gasteiger partial charge on any atom is -0.468 e. The van der Waals surface area contributed by atoms with Crippen LogP contribution in [0.4, 0.5) is 5.69 Å². The van der Waals surface area contributed by atoms with Crippen molar-refractivity contribution in [3.8, 4) is 6.07 Å². The van der Waals surface area contributed by atoms with E-state index in [0.717, 1.165) is 22.3 Å². The number of hydrogen-bond donors (Lipinski definition) is 0. The second-order valence-corrected chi connectivity index (χ2v) is 10.3. The average Bonchev–Trinajstić information content (AvgIpc) is 3.06. The second-order valence-electron chi connectivity index (χ2n) is 10.3. The molecule has 8 nitrogen and oxygen atoms in total. The first-order valence-electron chi connectivity index (χ1n) is 15.5. The maximum Gasteiger partial charge on any atom is 0.324 e. The van der Waals surface area contributed by atoms with Gasteiger partial charge >= 0.3 is 5.97 Å². The van der Waals surface area contributed by atoms with Crippen molar-refractivity contribution in [2.75, 3.05) is 31.6 Å². The van der Waals surface area contributed by atoms with E-state index in [1.54, 1.807) is 19.2 Å². The van der Waals surface area contributed by atoms with Crippen molar-refractivity contribution in [2.45, 2.75) is 67.5 Å². The molecule has 0 saturated carbocycles. The van der Waals surface area contributed by atoms with Crippen LogP contribution in [0.5, 0.6) is 0 Å². The third kappa shape index (κ3) is 9.75. The number of ether oxygens (including phenoxy) is 1. The van der Waals surface area contributed by atoms with E-state index in [2.05, 4.69) is 29.1 Å². The molecule has 0 radical (unpaired) electrons. The monoisotopic (exact) mass is 613 g/mol. The standard InChI is InChI=1S/C33H39N5O3.2C2H6/c1-9-24(13-11-22(3)4)32(25(10-2)14-12-23(5)6)38-18-17-37(21-29(38)33(40)41-8)28-19-30(39)36(7)27-16-15-26(20-34)35-31(27)28;2*1-2/h9-16,19,29,32H,1,5,17-18,21H2,2-4,6-8H3;2*1-2H3/b14-12-,24-13+,25-10+;;. The molecule has 2 atom stereocenters. The smallest absolute Gasteiger partial charge is 0.324 e. The fraction of sp³-hybridized carbons (Fsp3) is 0.405. The fourth-order valence-electron chi connectivity index (χ4n) is 4.98. The number of methoxy groups -OCH3 is 1. The first-order valence-corrected chi connectivity index (χ1v) is 15.5. The van der Waals surface area contributed by atoms with Gasteiger partial charge in [-0.2, -0.15) is 5.26 Å². The number of rotatable bonds is 9. The maximum absolute atomic E-state index is 13.4. The molecule has 3 rings (SSSR count). The highest BCUT2D eigenvalue weighted by molar-refractivity contribution is 5.89. The summed E-state index contributed by atoms with van der Waals surface area (Å²) in [7, 11) is 3.06. The van der Waals surface area contributed by atoms with Crippen molar-refractivity contribution < 1.29 is 9.53 Å². The van der Waals surface area contributed by atoms with Gasteiger partial charge in [0.1, 0.15) is 23.3 Å². The summed E-state index contributed by atoms with van der Waals surface area (Å²) in [4.78, 5) is 34.9. The number of piperazine rings is 1. The van der Waals surface area contributed by atoms with E-state index >= 15 is 0 Å². The summed E-state index contributed by atoms with van der Waals surface area (Å²) in [6.07, 6.45) is 11.9. The molecule has 8 heteroatoms. The Morgan fingerprint density at radius 3 is 2.31 bits per heavy atom. The van der Waals surface area contributed by atoms with Crippen molar-refractivity contribution >= 4 is 22.7 Å². The fourth-order valence-corrected chi connectivity index (χ4v) is 4.98. The topological polar surface area (TPSA) is 91.5 Å². The van der Waals surface area contributed by atoms with Gasteiger partial charge in [0.25, 0.3) is 5.56 Å². The van der Waals surface area contributed by atoms with Crippen LogP contribution in [0, 0.1) is 11.3 Å². The molecule has 0 spiro atoms. The Morgan fingerprint density at radius 2 is 1.78 bits per heavy atom. The molecule has 0 aliphatic carbocycles. The van der Waals surface area contributed by atoms with E-state index in [1.807, 2.05) is 96.7 Å². The predicted octanol–water partition coefficient (Wildman–Crippen LogP) is 7.05. The number of fused-ring (bicyclic) bond motifs is 1. The van der Waals surface area contributed by atoms with E-state index < -0.39 is 6.04 Å². The highest BCUT2D eigenvalue weighted by Gasteiger charge is 2.39. The van der Waals surface area contributed by atoms with Crippen LogP contribution in [0.15, 0.2) is 94.9 Å². The Hall–Kier alpha value is -4.48. The quantitative estimate of drug-likeness (QED) is 0.221. The summed E-state index contributed by atoms with van der Waals surface area (Å²) in [6.45, 7) is 25.3. The molecule has 1 fully saturated rings. The Balaban J connectivity index is 0.00000243. The lowest BCUT2D eigenvalue weighted by Gasteiger charge is -2.45. The van der Waals surface area contributed by atoms with Gasteiger partial charge in [-0.05, 0) is 51.0 Å². The van der Waals surface area contributed by atoms with Crippen LogP contribution in [-0.4, -0.2) is 59.2 Å². The van der Waals surface area contributed by atoms with Gasteiger partial charge in [-0.25, -0.2) is 4.98 Å². The molecule has 1 saturated heterocycles. The number of anilines is 1. The predicted molar refractivity (Wildman–Crippen MR) is 188 cm³/mol. The van der Waals surface area contributed by atoms with Crippen LogP contribution in [-0.2, 0) is 16.6 Å². The van der Waals surface area contributed by atoms with Gasteiger partial charge in [0.15, 0.2) is 0 Å². The Labute approximate surface area is 270 Å². The Kier molecular flexibility index (Phi) is 16.3. The summed E-state index contributed by atoms with van der Waals surface area (Å²) < 4.78 is 6.81. The van der Waals surface area contributed by atoms with Crippen molar-refractivity contribution in [3.63, 3.8) is 0 Å². The van der Waals surface area contributed by atoms with Gasteiger partial charge in [0, 0.05) is 32.7 Å². The number of carbonyl (C=O) groups is 1. The van der Waals surface area contributed by atoms with Crippen molar-refractivity contribution in [1.29, 1.82) is 5.26 Å². The number of nitriles is 1. The summed E-state index contributed by atoms with van der Waals surface area (Å²) in [5.74, 6) is -0.386. The number of aromatic nitrogens is 2. The third-order valence-electron chi connectivity index (χ3n) is 7.12. The van der Waals surface area contributed by atoms with Crippen LogP contribution < -0.4 is 10.5 Å². The molecule has 0 N–H and O–H groups in total. The van der Waals surface area contributed by atoms with Gasteiger partial charge in [0.2, 0.25) is 0 Å². The zero-order valence-electron chi connectivity index (χ0n) is 28.8. The number of pyridine rings is 2. The van der Waals surface area contributed by atoms with Gasteiger partial charge in [-0.1, -0.05) is 88.5 Å². The molecule has 3 heterocycles. The van der Waals surface area contributed by atoms with E-state index in [0.29, 0.717) is 29.8 Å². The molecule has 2 aromatic heterocycles. The molecule has 2 unspecified atom stereocenters. The lowest BCUT2D eigenvalue weighted by Crippen LogP contribution is -2.60. The summed E-state index contributed by atoms with van der Waals surface area (Å²) in [5.41, 5.74) is 5.76. The molecule has 2 aromatic rings. The summed E-state index contributed by atoms with van der Waals surface area (Å²) in [5, 5.41) is 9.48. The number of allylic oxidation sites excluding steroid dienone is 6. The summed E-state index contributed by atoms with van der Waals surface area (Å²) in [6, 6.07) is 5.97. The van der Waals surface area contributed by atoms with Gasteiger partial charge in [-0.15, -0.1) is 0 Å². The number of nitrogens with zero attached hydrogens (tertiary/aromatic N) is 5. The molecule has 45 heavy (non-hydrogen) atoms. The second kappa shape index (κ2) is 19.0. The minimum absolute atomic E-state index is 0.200. The Morgan fingerprint density at radius 1 is 1.11 bits per heavy atom. The maximum atomic E-state index is 13.4. The van der Waals surface area contributed by atoms with E-state index in [9.17, 15) is 14.9 Å². The van der Waals surface area contributed by atoms with Crippen LogP contribution in [0.2, 0.25) is 0 Å². The third-order valence-corrected chi connectivity index (χ3v) is 7.12. The minimum atomic E-state index is -0.666. The van der Waals surface area contributed by atoms with E-state index in [-0.39, 0.29) is 29.8 Å². The Bertz CT molecular complexity index is 1560. The number of esters is 1. The molecular formula is C37H51N5O3. The van der Waals surface area contributed by atoms with Crippen molar-refractivity contribution in [1.82, 2.24) is 14.5 Å². The molecule has 0 bridgehead atoms. The van der Waals surface area contributed by atoms with E-state index in [4.69, 9.17) is 4.74 Å². The van der Waals surface area contributed by atoms with Crippen LogP contribution in [0.25, 0.3) is 11.0 Å². The van der Waals surface area contributed by atoms with E-state index in [1.165, 1.54) is 17.7 Å². The molecular weight excluding hydrogens is 562 g/mol. The zero-order valence-corrected chi connectivity index (χ0v) is 28.8. The normalized spacial score (nSPS) is 16.0. The van der Waals surface area contributed by atoms with Gasteiger partial charge in [0.05, 0.1) is 24.4 Å². The lowest BCUT2D eigenvalue weighted by molar-refractivity contribution is -0.147. The zero-order chi connectivity index (χ0) is 34.3. The first kappa shape index (κ1) is 38.5. The molecule has 242 valence electrons. The highest BCUT2D eigenvalue weighted by atomic mass is 16.5. The molecule has 0 aromatic carbocycles. The van der Waals surface area contributed by atoms with Crippen LogP contribution >= 0.6 is 0 Å². The highest BCUT2D eigenvalue weighted by Crippen LogP contribution is 2.31. The van der Waals surface area contributed by atoms with Crippen LogP contribution in [0.3, 0.4) is 0 Å². The first-order chi connectivity index (χ1) is 21.6. The molecule has 0 amide bonds. The number of aryl methyl sites for hydroxylation is 1. The summed E-state index contributed by atoms with van der Waals surface area (Å²) >= 11 is 0. The average molecular weight is 614 g/mol. The van der Waals surface area contributed by atoms with Crippen LogP contribution in [0.1, 0.15) is 61.1 Å². The van der Waals surface area contributed by atoms with Crippen molar-refractivity contribution in [2.24, 2.45) is 7.05 Å². The van der Waals surface area contributed by atoms with Gasteiger partial charge in [-0.3, -0.25) is 14.5 Å². The molecule has 1 aliphatic rings. The van der Waals surface area contributed by atoms with Crippen molar-refractivity contribution in [3.05, 3.63) is 106 Å². The van der Waals surface area contributed by atoms with Gasteiger partial charge < -0.3 is 14.2 Å². The molecule has 1 aliphatic heterocycles. The number of carbonyl (C=O) groups excluding carboxylic acids is 1. The SMILES string of the molecule is C=C/C(=C\C=C(C)C)C(C(/C=C\C(=C)C)=C/C)N1CCN(c2cc(=O)n(C)c3ccc(C#N)nc23)CC1C(=O)OC.CC.CC. The number of hydrogen-bond acceptors (Lipinski definition) is 7. The lowest BCUT2D eigenvalue weighted by atomic mass is 9.92. The largest absolute Gasteiger partial charge is 0.468 e.